The average molecular weight is 373 g/mol. The summed E-state index contributed by atoms with van der Waals surface area (Å²) in [4.78, 5) is 36.4. The predicted octanol–water partition coefficient (Wildman–Crippen LogP) is 2.91. The minimum absolute atomic E-state index is 0.00655. The van der Waals surface area contributed by atoms with E-state index in [1.807, 2.05) is 0 Å². The van der Waals surface area contributed by atoms with Gasteiger partial charge in [0.25, 0.3) is 5.91 Å². The van der Waals surface area contributed by atoms with E-state index in [1.165, 1.54) is 44.2 Å². The number of nitrogens with zero attached hydrogens (tertiary/aromatic N) is 1. The predicted molar refractivity (Wildman–Crippen MR) is 96.0 cm³/mol. The summed E-state index contributed by atoms with van der Waals surface area (Å²) in [5.74, 6) is -1.92. The van der Waals surface area contributed by atoms with Crippen LogP contribution in [0.25, 0.3) is 0 Å². The highest BCUT2D eigenvalue weighted by Crippen LogP contribution is 2.17. The summed E-state index contributed by atoms with van der Waals surface area (Å²) in [5.41, 5.74) is 1.04. The van der Waals surface area contributed by atoms with Crippen LogP contribution in [0.15, 0.2) is 48.5 Å². The Morgan fingerprint density at radius 2 is 1.81 bits per heavy atom. The fourth-order valence-corrected chi connectivity index (χ4v) is 2.49. The van der Waals surface area contributed by atoms with Crippen LogP contribution in [0.1, 0.15) is 29.8 Å². The number of Topliss-reactive ketones (excluding diaryl/α,β-unsaturated/α-hetero) is 1. The van der Waals surface area contributed by atoms with Gasteiger partial charge in [0.05, 0.1) is 0 Å². The lowest BCUT2D eigenvalue weighted by Crippen LogP contribution is -2.42. The zero-order valence-corrected chi connectivity index (χ0v) is 15.0. The molecule has 7 heteroatoms. The van der Waals surface area contributed by atoms with E-state index in [-0.39, 0.29) is 12.3 Å². The van der Waals surface area contributed by atoms with E-state index in [2.05, 4.69) is 0 Å². The van der Waals surface area contributed by atoms with Crippen molar-refractivity contribution in [2.45, 2.75) is 26.5 Å². The minimum Gasteiger partial charge on any atom is -0.481 e. The van der Waals surface area contributed by atoms with Crippen molar-refractivity contribution in [3.05, 3.63) is 65.5 Å². The number of hydrogen-bond acceptors (Lipinski definition) is 4. The second-order valence-corrected chi connectivity index (χ2v) is 6.06. The normalized spacial score (nSPS) is 11.5. The first kappa shape index (κ1) is 20.1. The average Bonchev–Trinajstić information content (AvgIpc) is 2.62. The minimum atomic E-state index is -1.17. The van der Waals surface area contributed by atoms with Crippen molar-refractivity contribution in [3.8, 4) is 5.75 Å². The molecular formula is C20H20FNO5. The largest absolute Gasteiger partial charge is 0.481 e. The zero-order valence-electron chi connectivity index (χ0n) is 15.0. The quantitative estimate of drug-likeness (QED) is 0.720. The lowest BCUT2D eigenvalue weighted by Gasteiger charge is -2.25. The smallest absolute Gasteiger partial charge is 0.323 e. The Bertz CT molecular complexity index is 835. The van der Waals surface area contributed by atoms with Gasteiger partial charge in [0.15, 0.2) is 11.9 Å². The summed E-state index contributed by atoms with van der Waals surface area (Å²) in [6.45, 7) is 2.41. The second kappa shape index (κ2) is 8.93. The van der Waals surface area contributed by atoms with Crippen molar-refractivity contribution in [2.24, 2.45) is 0 Å². The molecular weight excluding hydrogens is 353 g/mol. The number of aliphatic carboxylic acids is 1. The van der Waals surface area contributed by atoms with E-state index in [1.54, 1.807) is 18.2 Å². The van der Waals surface area contributed by atoms with Gasteiger partial charge in [-0.25, -0.2) is 4.39 Å². The molecule has 0 saturated heterocycles. The summed E-state index contributed by atoms with van der Waals surface area (Å²) in [7, 11) is 0. The van der Waals surface area contributed by atoms with E-state index in [4.69, 9.17) is 9.84 Å². The van der Waals surface area contributed by atoms with Gasteiger partial charge in [-0.15, -0.1) is 0 Å². The first-order chi connectivity index (χ1) is 12.8. The first-order valence-corrected chi connectivity index (χ1v) is 8.29. The van der Waals surface area contributed by atoms with Crippen molar-refractivity contribution in [2.75, 3.05) is 6.54 Å². The van der Waals surface area contributed by atoms with E-state index in [9.17, 15) is 18.8 Å². The highest BCUT2D eigenvalue weighted by atomic mass is 19.1. The monoisotopic (exact) mass is 373 g/mol. The van der Waals surface area contributed by atoms with Gasteiger partial charge in [0.1, 0.15) is 18.1 Å². The number of carboxylic acid groups (broad SMARTS) is 1. The van der Waals surface area contributed by atoms with Gasteiger partial charge >= 0.3 is 5.97 Å². The fraction of sp³-hybridized carbons (Fsp3) is 0.250. The maximum atomic E-state index is 13.0. The summed E-state index contributed by atoms with van der Waals surface area (Å²) in [6, 6.07) is 11.9. The molecule has 0 aliphatic carbocycles. The van der Waals surface area contributed by atoms with E-state index in [0.29, 0.717) is 16.9 Å². The Morgan fingerprint density at radius 1 is 1.15 bits per heavy atom. The molecule has 2 rings (SSSR count). The summed E-state index contributed by atoms with van der Waals surface area (Å²) in [5, 5.41) is 9.09. The van der Waals surface area contributed by atoms with Crippen LogP contribution in [0, 0.1) is 5.82 Å². The van der Waals surface area contributed by atoms with Gasteiger partial charge < -0.3 is 14.7 Å². The number of ether oxygens (including phenoxy) is 1. The molecule has 0 heterocycles. The number of rotatable bonds is 8. The molecule has 1 unspecified atom stereocenters. The lowest BCUT2D eigenvalue weighted by molar-refractivity contribution is -0.148. The standard InChI is InChI=1S/C20H20FNO5/c1-13(23)16-4-3-5-18(10-16)27-14(2)20(26)22(12-19(24)25)11-15-6-8-17(21)9-7-15/h3-10,14H,11-12H2,1-2H3,(H,24,25). The maximum absolute atomic E-state index is 13.0. The van der Waals surface area contributed by atoms with Crippen molar-refractivity contribution in [1.29, 1.82) is 0 Å². The van der Waals surface area contributed by atoms with Gasteiger partial charge in [-0.3, -0.25) is 14.4 Å². The zero-order chi connectivity index (χ0) is 20.0. The molecule has 2 aromatic rings. The molecule has 0 fully saturated rings. The number of halogens is 1. The van der Waals surface area contributed by atoms with Gasteiger partial charge in [0.2, 0.25) is 0 Å². The van der Waals surface area contributed by atoms with Gasteiger partial charge in [-0.05, 0) is 43.7 Å². The highest BCUT2D eigenvalue weighted by molar-refractivity contribution is 5.94. The number of hydrogen-bond donors (Lipinski definition) is 1. The van der Waals surface area contributed by atoms with Crippen LogP contribution in [0.4, 0.5) is 4.39 Å². The molecule has 0 aliphatic rings. The molecule has 0 radical (unpaired) electrons. The molecule has 142 valence electrons. The van der Waals surface area contributed by atoms with Gasteiger partial charge in [0, 0.05) is 12.1 Å². The number of ketones is 1. The first-order valence-electron chi connectivity index (χ1n) is 8.29. The van der Waals surface area contributed by atoms with Gasteiger partial charge in [-0.2, -0.15) is 0 Å². The summed E-state index contributed by atoms with van der Waals surface area (Å²) >= 11 is 0. The van der Waals surface area contributed by atoms with Crippen LogP contribution in [0.3, 0.4) is 0 Å². The summed E-state index contributed by atoms with van der Waals surface area (Å²) < 4.78 is 18.6. The van der Waals surface area contributed by atoms with Crippen LogP contribution < -0.4 is 4.74 Å². The van der Waals surface area contributed by atoms with E-state index in [0.717, 1.165) is 4.90 Å². The maximum Gasteiger partial charge on any atom is 0.323 e. The SMILES string of the molecule is CC(=O)c1cccc(OC(C)C(=O)N(CC(=O)O)Cc2ccc(F)cc2)c1. The number of carbonyl (C=O) groups excluding carboxylic acids is 2. The Balaban J connectivity index is 2.13. The third kappa shape index (κ3) is 5.91. The number of benzene rings is 2. The third-order valence-electron chi connectivity index (χ3n) is 3.83. The lowest BCUT2D eigenvalue weighted by atomic mass is 10.1. The molecule has 0 spiro atoms. The molecule has 0 bridgehead atoms. The number of carbonyl (C=O) groups is 3. The Morgan fingerprint density at radius 3 is 2.41 bits per heavy atom. The van der Waals surface area contributed by atoms with E-state index >= 15 is 0 Å². The van der Waals surface area contributed by atoms with Crippen LogP contribution in [-0.4, -0.2) is 40.3 Å². The highest BCUT2D eigenvalue weighted by Gasteiger charge is 2.24. The van der Waals surface area contributed by atoms with Crippen LogP contribution >= 0.6 is 0 Å². The van der Waals surface area contributed by atoms with Crippen molar-refractivity contribution in [3.63, 3.8) is 0 Å². The molecule has 0 aliphatic heterocycles. The Kier molecular flexibility index (Phi) is 6.65. The Labute approximate surface area is 156 Å². The fourth-order valence-electron chi connectivity index (χ4n) is 2.49. The third-order valence-corrected chi connectivity index (χ3v) is 3.83. The Hall–Kier alpha value is -3.22. The molecule has 0 saturated carbocycles. The van der Waals surface area contributed by atoms with E-state index < -0.39 is 30.3 Å². The molecule has 2 aromatic carbocycles. The topological polar surface area (TPSA) is 83.9 Å². The van der Waals surface area contributed by atoms with Crippen LogP contribution in [0.2, 0.25) is 0 Å². The van der Waals surface area contributed by atoms with Crippen molar-refractivity contribution in [1.82, 2.24) is 4.90 Å². The number of carboxylic acids is 1. The molecule has 27 heavy (non-hydrogen) atoms. The van der Waals surface area contributed by atoms with Crippen molar-refractivity contribution >= 4 is 17.7 Å². The van der Waals surface area contributed by atoms with Gasteiger partial charge in [-0.1, -0.05) is 24.3 Å². The van der Waals surface area contributed by atoms with Crippen LogP contribution in [0.5, 0.6) is 5.75 Å². The van der Waals surface area contributed by atoms with Crippen molar-refractivity contribution < 1.29 is 28.6 Å². The second-order valence-electron chi connectivity index (χ2n) is 6.06. The molecule has 1 atom stereocenters. The molecule has 6 nitrogen and oxygen atoms in total. The van der Waals surface area contributed by atoms with Crippen LogP contribution in [-0.2, 0) is 16.1 Å². The number of amides is 1. The summed E-state index contributed by atoms with van der Waals surface area (Å²) in [6.07, 6.45) is -0.966. The molecule has 1 amide bonds. The molecule has 0 aromatic heterocycles. The molecule has 1 N–H and O–H groups in total.